The van der Waals surface area contributed by atoms with Crippen LogP contribution in [0.5, 0.6) is 0 Å². The second-order valence-corrected chi connectivity index (χ2v) is 9.71. The lowest BCUT2D eigenvalue weighted by atomic mass is 9.94. The number of benzene rings is 1. The van der Waals surface area contributed by atoms with Gasteiger partial charge < -0.3 is 14.8 Å². The van der Waals surface area contributed by atoms with E-state index in [9.17, 15) is 9.59 Å². The topological polar surface area (TPSA) is 54.3 Å². The summed E-state index contributed by atoms with van der Waals surface area (Å²) in [6, 6.07) is 14.0. The zero-order chi connectivity index (χ0) is 21.3. The Bertz CT molecular complexity index is 1050. The minimum Gasteiger partial charge on any atom is -0.354 e. The second-order valence-electron chi connectivity index (χ2n) is 8.67. The van der Waals surface area contributed by atoms with Crippen molar-refractivity contribution >= 4 is 34.1 Å². The number of rotatable bonds is 7. The zero-order valence-electron chi connectivity index (χ0n) is 17.9. The first-order valence-electron chi connectivity index (χ1n) is 10.6. The summed E-state index contributed by atoms with van der Waals surface area (Å²) >= 11 is 1.68. The van der Waals surface area contributed by atoms with Crippen LogP contribution in [0.2, 0.25) is 0 Å². The third kappa shape index (κ3) is 3.76. The van der Waals surface area contributed by atoms with E-state index >= 15 is 0 Å². The van der Waals surface area contributed by atoms with Crippen LogP contribution in [-0.2, 0) is 17.8 Å². The van der Waals surface area contributed by atoms with Crippen molar-refractivity contribution in [2.75, 3.05) is 13.1 Å². The second kappa shape index (κ2) is 8.26. The van der Waals surface area contributed by atoms with E-state index in [0.29, 0.717) is 31.2 Å². The van der Waals surface area contributed by atoms with Crippen LogP contribution in [-0.4, -0.2) is 39.9 Å². The molecule has 0 spiro atoms. The van der Waals surface area contributed by atoms with Crippen LogP contribution in [0, 0.1) is 5.92 Å². The molecule has 158 valence electrons. The molecule has 0 bridgehead atoms. The molecule has 0 saturated carbocycles. The first-order chi connectivity index (χ1) is 14.4. The number of nitrogens with one attached hydrogen (secondary N) is 1. The molecule has 6 heteroatoms. The van der Waals surface area contributed by atoms with Crippen LogP contribution in [0.15, 0.2) is 47.8 Å². The minimum atomic E-state index is -0.930. The maximum absolute atomic E-state index is 13.6. The fourth-order valence-electron chi connectivity index (χ4n) is 4.20. The highest BCUT2D eigenvalue weighted by atomic mass is 32.1. The quantitative estimate of drug-likeness (QED) is 0.615. The standard InChI is InChI=1S/C24H29N3O2S/c1-17(2)10-12-25-23(29)24(3)16-26-20-9-5-4-7-18(20)15-21(26)22(28)27(24)13-11-19-8-6-14-30-19/h4-9,14-15,17H,10-13,16H2,1-3H3,(H,25,29)/t24-/m1/s1. The number of carbonyl (C=O) groups is 2. The van der Waals surface area contributed by atoms with E-state index in [4.69, 9.17) is 0 Å². The minimum absolute atomic E-state index is 0.0736. The number of thiophene rings is 1. The molecule has 1 aliphatic heterocycles. The lowest BCUT2D eigenvalue weighted by Crippen LogP contribution is -2.64. The monoisotopic (exact) mass is 423 g/mol. The number of fused-ring (bicyclic) bond motifs is 3. The van der Waals surface area contributed by atoms with Crippen molar-refractivity contribution < 1.29 is 9.59 Å². The van der Waals surface area contributed by atoms with E-state index in [0.717, 1.165) is 23.7 Å². The number of hydrogen-bond donors (Lipinski definition) is 1. The first kappa shape index (κ1) is 20.7. The Hall–Kier alpha value is -2.60. The van der Waals surface area contributed by atoms with Crippen molar-refractivity contribution in [1.29, 1.82) is 0 Å². The van der Waals surface area contributed by atoms with Gasteiger partial charge in [0.2, 0.25) is 5.91 Å². The van der Waals surface area contributed by atoms with Gasteiger partial charge in [-0.05, 0) is 49.3 Å². The van der Waals surface area contributed by atoms with Gasteiger partial charge in [0.1, 0.15) is 11.2 Å². The fourth-order valence-corrected chi connectivity index (χ4v) is 4.90. The molecule has 3 heterocycles. The van der Waals surface area contributed by atoms with Crippen molar-refractivity contribution in [2.24, 2.45) is 5.92 Å². The third-order valence-electron chi connectivity index (χ3n) is 5.99. The fraction of sp³-hybridized carbons (Fsp3) is 0.417. The molecule has 30 heavy (non-hydrogen) atoms. The molecule has 0 fully saturated rings. The summed E-state index contributed by atoms with van der Waals surface area (Å²) in [5.41, 5.74) is 0.731. The summed E-state index contributed by atoms with van der Waals surface area (Å²) in [5.74, 6) is 0.364. The molecule has 0 saturated heterocycles. The summed E-state index contributed by atoms with van der Waals surface area (Å²) in [4.78, 5) is 29.9. The van der Waals surface area contributed by atoms with E-state index in [1.807, 2.05) is 53.3 Å². The molecule has 1 N–H and O–H groups in total. The van der Waals surface area contributed by atoms with Crippen LogP contribution in [0.3, 0.4) is 0 Å². The van der Waals surface area contributed by atoms with E-state index in [2.05, 4.69) is 25.2 Å². The molecule has 0 unspecified atom stereocenters. The van der Waals surface area contributed by atoms with E-state index in [1.165, 1.54) is 4.88 Å². The number of para-hydroxylation sites is 1. The number of nitrogens with zero attached hydrogens (tertiary/aromatic N) is 2. The molecule has 0 aliphatic carbocycles. The van der Waals surface area contributed by atoms with E-state index < -0.39 is 5.54 Å². The highest BCUT2D eigenvalue weighted by Crippen LogP contribution is 2.32. The van der Waals surface area contributed by atoms with Gasteiger partial charge in [-0.1, -0.05) is 38.1 Å². The molecule has 3 aromatic rings. The normalized spacial score (nSPS) is 18.8. The maximum Gasteiger partial charge on any atom is 0.271 e. The smallest absolute Gasteiger partial charge is 0.271 e. The van der Waals surface area contributed by atoms with Crippen LogP contribution in [0.25, 0.3) is 10.9 Å². The van der Waals surface area contributed by atoms with E-state index in [-0.39, 0.29) is 11.8 Å². The van der Waals surface area contributed by atoms with Crippen molar-refractivity contribution in [2.45, 2.75) is 45.7 Å². The lowest BCUT2D eigenvalue weighted by molar-refractivity contribution is -0.132. The third-order valence-corrected chi connectivity index (χ3v) is 6.93. The molecule has 2 aromatic heterocycles. The summed E-state index contributed by atoms with van der Waals surface area (Å²) < 4.78 is 2.02. The van der Waals surface area contributed by atoms with Gasteiger partial charge in [-0.15, -0.1) is 11.3 Å². The van der Waals surface area contributed by atoms with Crippen molar-refractivity contribution in [3.8, 4) is 0 Å². The Kier molecular flexibility index (Phi) is 5.69. The maximum atomic E-state index is 13.6. The zero-order valence-corrected chi connectivity index (χ0v) is 18.7. The molecular formula is C24H29N3O2S. The summed E-state index contributed by atoms with van der Waals surface area (Å²) in [6.45, 7) is 7.79. The van der Waals surface area contributed by atoms with Gasteiger partial charge in [0.15, 0.2) is 0 Å². The van der Waals surface area contributed by atoms with Crippen LogP contribution in [0.4, 0.5) is 0 Å². The molecule has 0 radical (unpaired) electrons. The average Bonchev–Trinajstić information content (AvgIpc) is 3.35. The first-order valence-corrected chi connectivity index (χ1v) is 11.5. The number of aromatic nitrogens is 1. The van der Waals surface area contributed by atoms with Crippen molar-refractivity contribution in [3.05, 3.63) is 58.4 Å². The van der Waals surface area contributed by atoms with Gasteiger partial charge >= 0.3 is 0 Å². The Balaban J connectivity index is 1.68. The SMILES string of the molecule is CC(C)CCNC(=O)[C@@]1(C)Cn2c(cc3ccccc32)C(=O)N1CCc1cccs1. The molecule has 1 aromatic carbocycles. The highest BCUT2D eigenvalue weighted by molar-refractivity contribution is 7.09. The predicted octanol–water partition coefficient (Wildman–Crippen LogP) is 4.32. The molecule has 4 rings (SSSR count). The number of carbonyl (C=O) groups excluding carboxylic acids is 2. The summed E-state index contributed by atoms with van der Waals surface area (Å²) in [5, 5.41) is 6.17. The van der Waals surface area contributed by atoms with E-state index in [1.54, 1.807) is 16.2 Å². The van der Waals surface area contributed by atoms with Gasteiger partial charge in [0, 0.05) is 28.9 Å². The number of hydrogen-bond acceptors (Lipinski definition) is 3. The molecule has 1 aliphatic rings. The Morgan fingerprint density at radius 2 is 2.03 bits per heavy atom. The van der Waals surface area contributed by atoms with Crippen LogP contribution >= 0.6 is 11.3 Å². The summed E-state index contributed by atoms with van der Waals surface area (Å²) in [7, 11) is 0. The van der Waals surface area contributed by atoms with Crippen molar-refractivity contribution in [1.82, 2.24) is 14.8 Å². The van der Waals surface area contributed by atoms with Gasteiger partial charge in [-0.25, -0.2) is 0 Å². The van der Waals surface area contributed by atoms with Crippen LogP contribution in [0.1, 0.15) is 42.6 Å². The average molecular weight is 424 g/mol. The Morgan fingerprint density at radius 1 is 1.23 bits per heavy atom. The summed E-state index contributed by atoms with van der Waals surface area (Å²) in [6.07, 6.45) is 1.67. The van der Waals surface area contributed by atoms with Crippen LogP contribution < -0.4 is 5.32 Å². The lowest BCUT2D eigenvalue weighted by Gasteiger charge is -2.44. The van der Waals surface area contributed by atoms with Gasteiger partial charge in [0.05, 0.1) is 6.54 Å². The van der Waals surface area contributed by atoms with Gasteiger partial charge in [0.25, 0.3) is 5.91 Å². The molecule has 2 amide bonds. The Labute approximate surface area is 181 Å². The predicted molar refractivity (Wildman–Crippen MR) is 122 cm³/mol. The van der Waals surface area contributed by atoms with Crippen molar-refractivity contribution in [3.63, 3.8) is 0 Å². The Morgan fingerprint density at radius 3 is 2.77 bits per heavy atom. The molecular weight excluding hydrogens is 394 g/mol. The highest BCUT2D eigenvalue weighted by Gasteiger charge is 2.47. The molecule has 5 nitrogen and oxygen atoms in total. The molecule has 1 atom stereocenters. The van der Waals surface area contributed by atoms with Gasteiger partial charge in [-0.3, -0.25) is 9.59 Å². The number of amides is 2. The van der Waals surface area contributed by atoms with Gasteiger partial charge in [-0.2, -0.15) is 0 Å². The largest absolute Gasteiger partial charge is 0.354 e.